The summed E-state index contributed by atoms with van der Waals surface area (Å²) in [6, 6.07) is 0. The van der Waals surface area contributed by atoms with E-state index in [0.29, 0.717) is 31.1 Å². The normalized spacial score (nSPS) is 19.7. The van der Waals surface area contributed by atoms with E-state index >= 15 is 0 Å². The van der Waals surface area contributed by atoms with E-state index in [-0.39, 0.29) is 5.92 Å². The molecule has 2 aromatic heterocycles. The van der Waals surface area contributed by atoms with E-state index in [2.05, 4.69) is 15.0 Å². The third-order valence-electron chi connectivity index (χ3n) is 4.12. The van der Waals surface area contributed by atoms with Crippen molar-refractivity contribution in [1.82, 2.24) is 23.6 Å². The van der Waals surface area contributed by atoms with E-state index < -0.39 is 10.2 Å². The van der Waals surface area contributed by atoms with Crippen LogP contribution in [-0.4, -0.2) is 59.2 Å². The Morgan fingerprint density at radius 1 is 1.29 bits per heavy atom. The zero-order valence-corrected chi connectivity index (χ0v) is 14.6. The first-order valence-corrected chi connectivity index (χ1v) is 9.25. The van der Waals surface area contributed by atoms with Gasteiger partial charge in [0.1, 0.15) is 12.0 Å². The van der Waals surface area contributed by atoms with Gasteiger partial charge < -0.3 is 4.42 Å². The molecule has 3 rings (SSSR count). The molecule has 2 aromatic rings. The van der Waals surface area contributed by atoms with Crippen molar-refractivity contribution in [2.24, 2.45) is 5.92 Å². The fourth-order valence-corrected chi connectivity index (χ4v) is 4.07. The second-order valence-corrected chi connectivity index (χ2v) is 8.23. The number of nitrogens with zero attached hydrogens (tertiary/aromatic N) is 5. The Morgan fingerprint density at radius 2 is 2.12 bits per heavy atom. The number of aromatic nitrogens is 3. The lowest BCUT2D eigenvalue weighted by molar-refractivity contribution is 0.253. The highest BCUT2D eigenvalue weighted by atomic mass is 32.2. The van der Waals surface area contributed by atoms with Crippen LogP contribution in [0.3, 0.4) is 0 Å². The van der Waals surface area contributed by atoms with Gasteiger partial charge in [0.15, 0.2) is 0 Å². The van der Waals surface area contributed by atoms with Crippen molar-refractivity contribution in [2.45, 2.75) is 19.3 Å². The van der Waals surface area contributed by atoms with E-state index in [4.69, 9.17) is 4.42 Å². The SMILES string of the molecule is CN(C)S(=O)(=O)N1CCC[C@H](Cc2cnc(-c3ncco3)cn2)C1. The zero-order chi connectivity index (χ0) is 17.2. The monoisotopic (exact) mass is 351 g/mol. The van der Waals surface area contributed by atoms with Crippen LogP contribution in [0.2, 0.25) is 0 Å². The molecule has 3 heterocycles. The molecule has 8 nitrogen and oxygen atoms in total. The third kappa shape index (κ3) is 3.63. The summed E-state index contributed by atoms with van der Waals surface area (Å²) >= 11 is 0. The Balaban J connectivity index is 1.65. The van der Waals surface area contributed by atoms with Gasteiger partial charge in [0.2, 0.25) is 5.89 Å². The van der Waals surface area contributed by atoms with E-state index in [0.717, 1.165) is 18.5 Å². The van der Waals surface area contributed by atoms with Crippen molar-refractivity contribution < 1.29 is 12.8 Å². The third-order valence-corrected chi connectivity index (χ3v) is 6.03. The van der Waals surface area contributed by atoms with Crippen LogP contribution in [0.25, 0.3) is 11.6 Å². The van der Waals surface area contributed by atoms with Crippen molar-refractivity contribution in [1.29, 1.82) is 0 Å². The topological polar surface area (TPSA) is 92.4 Å². The lowest BCUT2D eigenvalue weighted by atomic mass is 9.95. The van der Waals surface area contributed by atoms with Crippen LogP contribution in [0.1, 0.15) is 18.5 Å². The van der Waals surface area contributed by atoms with E-state index in [1.54, 1.807) is 37.0 Å². The lowest BCUT2D eigenvalue weighted by Gasteiger charge is -2.33. The molecular weight excluding hydrogens is 330 g/mol. The molecule has 0 N–H and O–H groups in total. The molecule has 0 unspecified atom stereocenters. The molecule has 0 amide bonds. The molecular formula is C15H21N5O3S. The molecule has 0 aliphatic carbocycles. The van der Waals surface area contributed by atoms with Crippen molar-refractivity contribution in [3.8, 4) is 11.6 Å². The van der Waals surface area contributed by atoms with Gasteiger partial charge in [-0.3, -0.25) is 4.98 Å². The smallest absolute Gasteiger partial charge is 0.281 e. The summed E-state index contributed by atoms with van der Waals surface area (Å²) in [6.45, 7) is 1.09. The predicted molar refractivity (Wildman–Crippen MR) is 88.1 cm³/mol. The Morgan fingerprint density at radius 3 is 2.75 bits per heavy atom. The molecule has 0 aromatic carbocycles. The van der Waals surface area contributed by atoms with Gasteiger partial charge in [-0.2, -0.15) is 17.0 Å². The molecule has 9 heteroatoms. The summed E-state index contributed by atoms with van der Waals surface area (Å²) in [7, 11) is -0.229. The number of hydrogen-bond donors (Lipinski definition) is 0. The van der Waals surface area contributed by atoms with Gasteiger partial charge in [-0.25, -0.2) is 9.97 Å². The Kier molecular flexibility index (Phi) is 4.93. The van der Waals surface area contributed by atoms with Gasteiger partial charge in [-0.1, -0.05) is 0 Å². The van der Waals surface area contributed by atoms with Crippen LogP contribution in [-0.2, 0) is 16.6 Å². The standard InChI is InChI=1S/C15H21N5O3S/c1-19(2)24(21,22)20-6-3-4-12(11-20)8-13-9-18-14(10-17-13)15-16-5-7-23-15/h5,7,9-10,12H,3-4,6,8,11H2,1-2H3/t12-/m1/s1. The molecule has 130 valence electrons. The molecule has 1 fully saturated rings. The first kappa shape index (κ1) is 17.0. The summed E-state index contributed by atoms with van der Waals surface area (Å²) in [5.41, 5.74) is 1.43. The van der Waals surface area contributed by atoms with Gasteiger partial charge in [-0.05, 0) is 25.2 Å². The number of piperidine rings is 1. The van der Waals surface area contributed by atoms with E-state index in [9.17, 15) is 8.42 Å². The molecule has 24 heavy (non-hydrogen) atoms. The number of hydrogen-bond acceptors (Lipinski definition) is 6. The second kappa shape index (κ2) is 6.96. The fraction of sp³-hybridized carbons (Fsp3) is 0.533. The average molecular weight is 351 g/mol. The van der Waals surface area contributed by atoms with Crippen LogP contribution < -0.4 is 0 Å². The highest BCUT2D eigenvalue weighted by Gasteiger charge is 2.30. The second-order valence-electron chi connectivity index (χ2n) is 6.09. The minimum atomic E-state index is -3.35. The first-order valence-electron chi connectivity index (χ1n) is 7.85. The van der Waals surface area contributed by atoms with Gasteiger partial charge in [0.25, 0.3) is 10.2 Å². The Bertz CT molecular complexity index is 759. The largest absolute Gasteiger partial charge is 0.443 e. The van der Waals surface area contributed by atoms with Gasteiger partial charge in [0, 0.05) is 33.4 Å². The van der Waals surface area contributed by atoms with Gasteiger partial charge in [-0.15, -0.1) is 0 Å². The zero-order valence-electron chi connectivity index (χ0n) is 13.8. The lowest BCUT2D eigenvalue weighted by Crippen LogP contribution is -2.45. The maximum absolute atomic E-state index is 12.3. The maximum atomic E-state index is 12.3. The molecule has 0 spiro atoms. The van der Waals surface area contributed by atoms with Crippen LogP contribution in [0.4, 0.5) is 0 Å². The maximum Gasteiger partial charge on any atom is 0.281 e. The Labute approximate surface area is 141 Å². The van der Waals surface area contributed by atoms with Crippen molar-refractivity contribution in [3.05, 3.63) is 30.5 Å². The van der Waals surface area contributed by atoms with Crippen LogP contribution in [0.5, 0.6) is 0 Å². The van der Waals surface area contributed by atoms with Crippen molar-refractivity contribution in [3.63, 3.8) is 0 Å². The summed E-state index contributed by atoms with van der Waals surface area (Å²) in [4.78, 5) is 12.8. The van der Waals surface area contributed by atoms with Gasteiger partial charge in [0.05, 0.1) is 18.1 Å². The number of oxazole rings is 1. The van der Waals surface area contributed by atoms with Crippen molar-refractivity contribution >= 4 is 10.2 Å². The van der Waals surface area contributed by atoms with Crippen molar-refractivity contribution in [2.75, 3.05) is 27.2 Å². The van der Waals surface area contributed by atoms with Crippen LogP contribution in [0.15, 0.2) is 29.3 Å². The Hall–Kier alpha value is -1.84. The fourth-order valence-electron chi connectivity index (χ4n) is 2.85. The molecule has 0 bridgehead atoms. The summed E-state index contributed by atoms with van der Waals surface area (Å²) in [6.07, 6.45) is 8.96. The summed E-state index contributed by atoms with van der Waals surface area (Å²) in [5, 5.41) is 0. The number of rotatable bonds is 5. The van der Waals surface area contributed by atoms with E-state index in [1.165, 1.54) is 10.6 Å². The summed E-state index contributed by atoms with van der Waals surface area (Å²) in [5.74, 6) is 0.685. The predicted octanol–water partition coefficient (Wildman–Crippen LogP) is 1.19. The summed E-state index contributed by atoms with van der Waals surface area (Å²) < 4.78 is 32.5. The average Bonchev–Trinajstić information content (AvgIpc) is 3.10. The highest BCUT2D eigenvalue weighted by Crippen LogP contribution is 2.23. The first-order chi connectivity index (χ1) is 11.5. The molecule has 1 aliphatic rings. The van der Waals surface area contributed by atoms with Gasteiger partial charge >= 0.3 is 0 Å². The minimum absolute atomic E-state index is 0.246. The molecule has 1 saturated heterocycles. The van der Waals surface area contributed by atoms with Crippen LogP contribution >= 0.6 is 0 Å². The van der Waals surface area contributed by atoms with E-state index in [1.807, 2.05) is 0 Å². The highest BCUT2D eigenvalue weighted by molar-refractivity contribution is 7.86. The molecule has 0 radical (unpaired) electrons. The quantitative estimate of drug-likeness (QED) is 0.803. The van der Waals surface area contributed by atoms with Crippen LogP contribution in [0, 0.1) is 5.92 Å². The molecule has 0 saturated carbocycles. The minimum Gasteiger partial charge on any atom is -0.443 e. The molecule has 1 aliphatic heterocycles. The molecule has 1 atom stereocenters.